The summed E-state index contributed by atoms with van der Waals surface area (Å²) in [6.45, 7) is 0. The first-order valence-electron chi connectivity index (χ1n) is 6.84. The topological polar surface area (TPSA) is 73.9 Å². The first-order valence-corrected chi connectivity index (χ1v) is 8.42. The maximum Gasteiger partial charge on any atom is 0.224 e. The molecule has 1 aromatic heterocycles. The van der Waals surface area contributed by atoms with E-state index in [9.17, 15) is 0 Å². The molecule has 1 heterocycles. The number of aromatic nitrogens is 3. The van der Waals surface area contributed by atoms with Crippen LogP contribution in [0.1, 0.15) is 0 Å². The molecule has 5 nitrogen and oxygen atoms in total. The molecule has 2 aromatic carbocycles. The number of benzene rings is 2. The van der Waals surface area contributed by atoms with Gasteiger partial charge in [0.1, 0.15) is 5.75 Å². The molecule has 0 fully saturated rings. The summed E-state index contributed by atoms with van der Waals surface area (Å²) < 4.78 is 5.34. The number of para-hydroxylation sites is 1. The van der Waals surface area contributed by atoms with E-state index in [-0.39, 0.29) is 5.95 Å². The Hall–Kier alpha value is -2.02. The lowest BCUT2D eigenvalue weighted by Gasteiger charge is -2.09. The zero-order chi connectivity index (χ0) is 17.1. The Morgan fingerprint density at radius 3 is 2.58 bits per heavy atom. The molecule has 3 rings (SSSR count). The number of methoxy groups -OCH3 is 1. The van der Waals surface area contributed by atoms with Gasteiger partial charge < -0.3 is 10.5 Å². The fourth-order valence-corrected chi connectivity index (χ4v) is 3.37. The number of ether oxygens (including phenoxy) is 1. The largest absolute Gasteiger partial charge is 0.496 e. The molecule has 2 N–H and O–H groups in total. The molecule has 0 aliphatic rings. The van der Waals surface area contributed by atoms with Gasteiger partial charge in [0.2, 0.25) is 5.95 Å². The number of halogens is 2. The summed E-state index contributed by atoms with van der Waals surface area (Å²) in [7, 11) is 1.61. The van der Waals surface area contributed by atoms with Gasteiger partial charge in [0.25, 0.3) is 0 Å². The van der Waals surface area contributed by atoms with Gasteiger partial charge in [0, 0.05) is 10.6 Å². The van der Waals surface area contributed by atoms with Crippen molar-refractivity contribution in [3.05, 3.63) is 52.5 Å². The van der Waals surface area contributed by atoms with Gasteiger partial charge in [0.15, 0.2) is 11.0 Å². The van der Waals surface area contributed by atoms with Crippen LogP contribution in [0.15, 0.2) is 52.5 Å². The number of hydrogen-bond acceptors (Lipinski definition) is 6. The number of hydrogen-bond donors (Lipinski definition) is 1. The lowest BCUT2D eigenvalue weighted by molar-refractivity contribution is 0.405. The highest BCUT2D eigenvalue weighted by Gasteiger charge is 2.13. The van der Waals surface area contributed by atoms with Gasteiger partial charge in [-0.1, -0.05) is 35.3 Å². The van der Waals surface area contributed by atoms with E-state index in [2.05, 4.69) is 15.0 Å². The molecule has 0 amide bonds. The maximum atomic E-state index is 6.22. The van der Waals surface area contributed by atoms with Crippen LogP contribution < -0.4 is 10.5 Å². The van der Waals surface area contributed by atoms with Gasteiger partial charge in [0.05, 0.1) is 17.0 Å². The Labute approximate surface area is 153 Å². The van der Waals surface area contributed by atoms with Crippen molar-refractivity contribution >= 4 is 40.9 Å². The van der Waals surface area contributed by atoms with E-state index in [1.54, 1.807) is 25.3 Å². The summed E-state index contributed by atoms with van der Waals surface area (Å²) in [6, 6.07) is 12.7. The Balaban J connectivity index is 2.00. The van der Waals surface area contributed by atoms with Crippen molar-refractivity contribution in [2.45, 2.75) is 10.1 Å². The van der Waals surface area contributed by atoms with E-state index in [1.807, 2.05) is 24.3 Å². The van der Waals surface area contributed by atoms with Gasteiger partial charge in [-0.3, -0.25) is 0 Å². The quantitative estimate of drug-likeness (QED) is 0.715. The minimum atomic E-state index is 0.114. The number of nitrogens with zero attached hydrogens (tertiary/aromatic N) is 3. The zero-order valence-corrected chi connectivity index (χ0v) is 14.9. The van der Waals surface area contributed by atoms with Crippen molar-refractivity contribution in [2.24, 2.45) is 0 Å². The van der Waals surface area contributed by atoms with Crippen LogP contribution in [0.5, 0.6) is 5.75 Å². The van der Waals surface area contributed by atoms with E-state index in [0.717, 1.165) is 10.6 Å². The highest BCUT2D eigenvalue weighted by molar-refractivity contribution is 7.99. The normalized spacial score (nSPS) is 10.6. The summed E-state index contributed by atoms with van der Waals surface area (Å²) in [5.41, 5.74) is 6.46. The second-order valence-corrected chi connectivity index (χ2v) is 6.53. The van der Waals surface area contributed by atoms with Crippen molar-refractivity contribution in [3.8, 4) is 17.1 Å². The fourth-order valence-electron chi connectivity index (χ4n) is 2.01. The Bertz CT molecular complexity index is 892. The van der Waals surface area contributed by atoms with Crippen molar-refractivity contribution in [3.63, 3.8) is 0 Å². The number of nitrogens with two attached hydrogens (primary N) is 1. The number of anilines is 1. The molecule has 8 heteroatoms. The van der Waals surface area contributed by atoms with Gasteiger partial charge in [-0.2, -0.15) is 9.97 Å². The lowest BCUT2D eigenvalue weighted by atomic mass is 10.2. The smallest absolute Gasteiger partial charge is 0.224 e. The predicted octanol–water partition coefficient (Wildman–Crippen LogP) is 4.59. The molecule has 0 spiro atoms. The van der Waals surface area contributed by atoms with Crippen LogP contribution in [0.2, 0.25) is 10.0 Å². The maximum absolute atomic E-state index is 6.22. The SMILES string of the molecule is COc1ccccc1Sc1nc(N)nc(-c2ccc(Cl)cc2Cl)n1. The molecule has 0 saturated carbocycles. The van der Waals surface area contributed by atoms with E-state index >= 15 is 0 Å². The van der Waals surface area contributed by atoms with E-state index in [0.29, 0.717) is 26.6 Å². The van der Waals surface area contributed by atoms with Crippen molar-refractivity contribution in [2.75, 3.05) is 12.8 Å². The van der Waals surface area contributed by atoms with Crippen molar-refractivity contribution < 1.29 is 4.74 Å². The third-order valence-corrected chi connectivity index (χ3v) is 4.54. The monoisotopic (exact) mass is 378 g/mol. The molecular weight excluding hydrogens is 367 g/mol. The standard InChI is InChI=1S/C16H12Cl2N4OS/c1-23-12-4-2-3-5-13(12)24-16-21-14(20-15(19)22-16)10-7-6-9(17)8-11(10)18/h2-8H,1H3,(H2,19,20,21,22). The van der Waals surface area contributed by atoms with Gasteiger partial charge in [-0.05, 0) is 42.1 Å². The number of nitrogen functional groups attached to an aromatic ring is 1. The Morgan fingerprint density at radius 1 is 1.04 bits per heavy atom. The van der Waals surface area contributed by atoms with E-state index < -0.39 is 0 Å². The van der Waals surface area contributed by atoms with Crippen LogP contribution >= 0.6 is 35.0 Å². The molecule has 0 aliphatic carbocycles. The molecule has 0 atom stereocenters. The molecular formula is C16H12Cl2N4OS. The van der Waals surface area contributed by atoms with Crippen LogP contribution in [-0.4, -0.2) is 22.1 Å². The highest BCUT2D eigenvalue weighted by atomic mass is 35.5. The van der Waals surface area contributed by atoms with Gasteiger partial charge in [-0.25, -0.2) is 4.98 Å². The second kappa shape index (κ2) is 7.25. The average molecular weight is 379 g/mol. The fraction of sp³-hybridized carbons (Fsp3) is 0.0625. The molecule has 0 saturated heterocycles. The van der Waals surface area contributed by atoms with Crippen molar-refractivity contribution in [1.29, 1.82) is 0 Å². The van der Waals surface area contributed by atoms with Gasteiger partial charge in [-0.15, -0.1) is 0 Å². The molecule has 0 aliphatic heterocycles. The molecule has 0 unspecified atom stereocenters. The third-order valence-electron chi connectivity index (χ3n) is 3.07. The third kappa shape index (κ3) is 3.72. The van der Waals surface area contributed by atoms with Crippen LogP contribution in [-0.2, 0) is 0 Å². The average Bonchev–Trinajstić information content (AvgIpc) is 2.54. The van der Waals surface area contributed by atoms with E-state index in [1.165, 1.54) is 11.8 Å². The molecule has 0 bridgehead atoms. The molecule has 24 heavy (non-hydrogen) atoms. The summed E-state index contributed by atoms with van der Waals surface area (Å²) in [6.07, 6.45) is 0. The van der Waals surface area contributed by atoms with Crippen LogP contribution in [0.4, 0.5) is 5.95 Å². The Morgan fingerprint density at radius 2 is 1.83 bits per heavy atom. The summed E-state index contributed by atoms with van der Waals surface area (Å²) in [5, 5.41) is 1.43. The van der Waals surface area contributed by atoms with E-state index in [4.69, 9.17) is 33.7 Å². The minimum absolute atomic E-state index is 0.114. The molecule has 0 radical (unpaired) electrons. The summed E-state index contributed by atoms with van der Waals surface area (Å²) in [4.78, 5) is 13.6. The second-order valence-electron chi connectivity index (χ2n) is 4.68. The number of rotatable bonds is 4. The van der Waals surface area contributed by atoms with Crippen molar-refractivity contribution in [1.82, 2.24) is 15.0 Å². The van der Waals surface area contributed by atoms with Crippen LogP contribution in [0, 0.1) is 0 Å². The molecule has 122 valence electrons. The molecule has 3 aromatic rings. The van der Waals surface area contributed by atoms with Crippen LogP contribution in [0.25, 0.3) is 11.4 Å². The minimum Gasteiger partial charge on any atom is -0.496 e. The summed E-state index contributed by atoms with van der Waals surface area (Å²) >= 11 is 13.5. The van der Waals surface area contributed by atoms with Crippen LogP contribution in [0.3, 0.4) is 0 Å². The highest BCUT2D eigenvalue weighted by Crippen LogP contribution is 2.34. The zero-order valence-electron chi connectivity index (χ0n) is 12.5. The van der Waals surface area contributed by atoms with Gasteiger partial charge >= 0.3 is 0 Å². The summed E-state index contributed by atoms with van der Waals surface area (Å²) in [5.74, 6) is 1.23. The Kier molecular flexibility index (Phi) is 5.08. The first kappa shape index (κ1) is 16.8. The first-order chi connectivity index (χ1) is 11.6. The lowest BCUT2D eigenvalue weighted by Crippen LogP contribution is -2.02. The predicted molar refractivity (Wildman–Crippen MR) is 96.8 cm³/mol.